The molecule has 0 N–H and O–H groups in total. The molecule has 0 spiro atoms. The summed E-state index contributed by atoms with van der Waals surface area (Å²) in [4.78, 5) is 22.0. The molecule has 1 unspecified atom stereocenters. The van der Waals surface area contributed by atoms with Gasteiger partial charge in [0.1, 0.15) is 17.5 Å². The van der Waals surface area contributed by atoms with Crippen LogP contribution in [-0.2, 0) is 14.3 Å². The molecule has 1 fully saturated rings. The lowest BCUT2D eigenvalue weighted by Gasteiger charge is -2.05. The first-order valence-corrected chi connectivity index (χ1v) is 6.88. The van der Waals surface area contributed by atoms with Crippen LogP contribution in [0, 0.1) is 12.8 Å². The zero-order valence-electron chi connectivity index (χ0n) is 12.3. The minimum Gasteiger partial charge on any atom is -0.497 e. The lowest BCUT2D eigenvalue weighted by atomic mass is 10.1. The van der Waals surface area contributed by atoms with E-state index < -0.39 is 5.92 Å². The summed E-state index contributed by atoms with van der Waals surface area (Å²) in [6.45, 7) is 4.17. The lowest BCUT2D eigenvalue weighted by Crippen LogP contribution is -2.21. The monoisotopic (exact) mass is 278 g/mol. The quantitative estimate of drug-likeness (QED) is 0.630. The fraction of sp³-hybridized carbons (Fsp3) is 0.500. The summed E-state index contributed by atoms with van der Waals surface area (Å²) in [6.07, 6.45) is 2.06. The molecule has 0 aromatic heterocycles. The third kappa shape index (κ3) is 5.03. The fourth-order valence-corrected chi connectivity index (χ4v) is 1.98. The molecule has 4 nitrogen and oxygen atoms in total. The van der Waals surface area contributed by atoms with E-state index in [0.29, 0.717) is 19.4 Å². The average molecular weight is 278 g/mol. The highest BCUT2D eigenvalue weighted by molar-refractivity contribution is 6.00. The van der Waals surface area contributed by atoms with E-state index in [4.69, 9.17) is 9.47 Å². The Kier molecular flexibility index (Phi) is 6.77. The molecule has 1 atom stereocenters. The number of esters is 1. The minimum atomic E-state index is -0.449. The van der Waals surface area contributed by atoms with Gasteiger partial charge in [-0.25, -0.2) is 0 Å². The first-order valence-electron chi connectivity index (χ1n) is 6.88. The minimum absolute atomic E-state index is 0.0449. The van der Waals surface area contributed by atoms with Gasteiger partial charge in [-0.3, -0.25) is 9.59 Å². The Morgan fingerprint density at radius 1 is 1.30 bits per heavy atom. The topological polar surface area (TPSA) is 52.6 Å². The van der Waals surface area contributed by atoms with Crippen molar-refractivity contribution in [2.24, 2.45) is 5.92 Å². The number of ether oxygens (including phenoxy) is 2. The van der Waals surface area contributed by atoms with Gasteiger partial charge in [0.05, 0.1) is 13.7 Å². The van der Waals surface area contributed by atoms with Gasteiger partial charge in [-0.15, -0.1) is 0 Å². The molecule has 110 valence electrons. The number of carbonyl (C=O) groups is 2. The normalized spacial score (nSPS) is 17.1. The van der Waals surface area contributed by atoms with Gasteiger partial charge in [0.2, 0.25) is 0 Å². The predicted octanol–water partition coefficient (Wildman–Crippen LogP) is 2.92. The van der Waals surface area contributed by atoms with Crippen LogP contribution in [0.3, 0.4) is 0 Å². The maximum atomic E-state index is 11.0. The summed E-state index contributed by atoms with van der Waals surface area (Å²) < 4.78 is 9.71. The number of benzene rings is 1. The molecule has 0 saturated heterocycles. The number of hydrogen-bond donors (Lipinski definition) is 0. The van der Waals surface area contributed by atoms with Crippen molar-refractivity contribution in [2.75, 3.05) is 13.7 Å². The van der Waals surface area contributed by atoms with Gasteiger partial charge in [0.15, 0.2) is 0 Å². The molecule has 1 saturated carbocycles. The highest BCUT2D eigenvalue weighted by Gasteiger charge is 2.31. The molecule has 0 aliphatic heterocycles. The van der Waals surface area contributed by atoms with Crippen molar-refractivity contribution in [2.45, 2.75) is 33.1 Å². The molecule has 1 aliphatic carbocycles. The SMILES string of the molecule is CCOC(=O)C1CCCC1=O.COc1ccc(C)cc1. The van der Waals surface area contributed by atoms with Crippen molar-refractivity contribution in [3.05, 3.63) is 29.8 Å². The summed E-state index contributed by atoms with van der Waals surface area (Å²) in [7, 11) is 1.67. The second-order valence-corrected chi connectivity index (χ2v) is 4.68. The van der Waals surface area contributed by atoms with E-state index in [1.807, 2.05) is 24.3 Å². The van der Waals surface area contributed by atoms with Crippen LogP contribution in [0.25, 0.3) is 0 Å². The van der Waals surface area contributed by atoms with Crippen molar-refractivity contribution in [1.29, 1.82) is 0 Å². The molecule has 0 radical (unpaired) electrons. The Morgan fingerprint density at radius 2 is 1.95 bits per heavy atom. The van der Waals surface area contributed by atoms with Crippen molar-refractivity contribution in [1.82, 2.24) is 0 Å². The van der Waals surface area contributed by atoms with Gasteiger partial charge in [-0.2, -0.15) is 0 Å². The number of rotatable bonds is 3. The molecule has 1 aromatic rings. The van der Waals surface area contributed by atoms with E-state index >= 15 is 0 Å². The third-order valence-electron chi connectivity index (χ3n) is 3.13. The number of ketones is 1. The smallest absolute Gasteiger partial charge is 0.316 e. The van der Waals surface area contributed by atoms with E-state index in [1.54, 1.807) is 14.0 Å². The summed E-state index contributed by atoms with van der Waals surface area (Å²) in [5.74, 6) is 0.175. The Balaban J connectivity index is 0.000000204. The molecule has 0 bridgehead atoms. The van der Waals surface area contributed by atoms with Crippen LogP contribution >= 0.6 is 0 Å². The molecule has 0 amide bonds. The second kappa shape index (κ2) is 8.35. The van der Waals surface area contributed by atoms with Gasteiger partial charge in [-0.05, 0) is 38.8 Å². The van der Waals surface area contributed by atoms with Gasteiger partial charge < -0.3 is 9.47 Å². The summed E-state index contributed by atoms with van der Waals surface area (Å²) >= 11 is 0. The van der Waals surface area contributed by atoms with E-state index in [0.717, 1.165) is 12.2 Å². The zero-order valence-corrected chi connectivity index (χ0v) is 12.3. The summed E-state index contributed by atoms with van der Waals surface area (Å²) in [5, 5.41) is 0. The number of Topliss-reactive ketones (excluding diaryl/α,β-unsaturated/α-hetero) is 1. The molecular weight excluding hydrogens is 256 g/mol. The van der Waals surface area contributed by atoms with Gasteiger partial charge in [0.25, 0.3) is 0 Å². The van der Waals surface area contributed by atoms with E-state index in [2.05, 4.69) is 6.92 Å². The lowest BCUT2D eigenvalue weighted by molar-refractivity contribution is -0.150. The maximum absolute atomic E-state index is 11.0. The molecule has 2 rings (SSSR count). The van der Waals surface area contributed by atoms with Crippen molar-refractivity contribution < 1.29 is 19.1 Å². The van der Waals surface area contributed by atoms with Crippen LogP contribution in [0.5, 0.6) is 5.75 Å². The molecule has 1 aliphatic rings. The van der Waals surface area contributed by atoms with Crippen molar-refractivity contribution >= 4 is 11.8 Å². The highest BCUT2D eigenvalue weighted by atomic mass is 16.5. The number of carbonyl (C=O) groups excluding carboxylic acids is 2. The number of hydrogen-bond acceptors (Lipinski definition) is 4. The Labute approximate surface area is 120 Å². The first-order chi connectivity index (χ1) is 9.58. The third-order valence-corrected chi connectivity index (χ3v) is 3.13. The highest BCUT2D eigenvalue weighted by Crippen LogP contribution is 2.22. The predicted molar refractivity (Wildman–Crippen MR) is 76.7 cm³/mol. The van der Waals surface area contributed by atoms with E-state index in [-0.39, 0.29) is 11.8 Å². The Morgan fingerprint density at radius 3 is 2.40 bits per heavy atom. The number of methoxy groups -OCH3 is 1. The summed E-state index contributed by atoms with van der Waals surface area (Å²) in [5.41, 5.74) is 1.26. The van der Waals surface area contributed by atoms with Crippen LogP contribution < -0.4 is 4.74 Å². The van der Waals surface area contributed by atoms with Crippen LogP contribution in [0.2, 0.25) is 0 Å². The second-order valence-electron chi connectivity index (χ2n) is 4.68. The largest absolute Gasteiger partial charge is 0.497 e. The molecule has 4 heteroatoms. The standard InChI is InChI=1S/C8H12O3.C8H10O/c1-2-11-8(10)6-4-3-5-7(6)9;1-7-3-5-8(9-2)6-4-7/h6H,2-5H2,1H3;3-6H,1-2H3. The Hall–Kier alpha value is -1.84. The summed E-state index contributed by atoms with van der Waals surface area (Å²) in [6, 6.07) is 7.96. The zero-order chi connectivity index (χ0) is 15.0. The van der Waals surface area contributed by atoms with Gasteiger partial charge >= 0.3 is 5.97 Å². The molecule has 20 heavy (non-hydrogen) atoms. The van der Waals surface area contributed by atoms with Gasteiger partial charge in [-0.1, -0.05) is 17.7 Å². The van der Waals surface area contributed by atoms with E-state index in [9.17, 15) is 9.59 Å². The Bertz CT molecular complexity index is 436. The molecule has 0 heterocycles. The van der Waals surface area contributed by atoms with Crippen LogP contribution in [-0.4, -0.2) is 25.5 Å². The van der Waals surface area contributed by atoms with Crippen molar-refractivity contribution in [3.8, 4) is 5.75 Å². The van der Waals surface area contributed by atoms with Crippen molar-refractivity contribution in [3.63, 3.8) is 0 Å². The van der Waals surface area contributed by atoms with Crippen LogP contribution in [0.1, 0.15) is 31.7 Å². The maximum Gasteiger partial charge on any atom is 0.316 e. The first kappa shape index (κ1) is 16.2. The van der Waals surface area contributed by atoms with E-state index in [1.165, 1.54) is 5.56 Å². The van der Waals surface area contributed by atoms with Gasteiger partial charge in [0, 0.05) is 6.42 Å². The molecular formula is C16H22O4. The number of aryl methyl sites for hydroxylation is 1. The van der Waals surface area contributed by atoms with Crippen LogP contribution in [0.4, 0.5) is 0 Å². The molecule has 1 aromatic carbocycles. The fourth-order valence-electron chi connectivity index (χ4n) is 1.98. The average Bonchev–Trinajstić information content (AvgIpc) is 2.87. The van der Waals surface area contributed by atoms with Crippen LogP contribution in [0.15, 0.2) is 24.3 Å².